The van der Waals surface area contributed by atoms with Crippen LogP contribution in [-0.4, -0.2) is 110 Å². The van der Waals surface area contributed by atoms with Crippen LogP contribution in [0, 0.1) is 0 Å². The molecule has 1 aliphatic rings. The molecule has 0 aromatic carbocycles. The highest BCUT2D eigenvalue weighted by Crippen LogP contribution is 2.23. The van der Waals surface area contributed by atoms with Crippen molar-refractivity contribution in [3.05, 3.63) is 12.2 Å². The molecule has 1 fully saturated rings. The second kappa shape index (κ2) is 40.4. The lowest BCUT2D eigenvalue weighted by molar-refractivity contribution is -0.303. The van der Waals surface area contributed by atoms with E-state index in [4.69, 9.17) is 9.47 Å². The number of carbonyl (C=O) groups is 1. The van der Waals surface area contributed by atoms with Crippen molar-refractivity contribution in [1.82, 2.24) is 5.32 Å². The van der Waals surface area contributed by atoms with Gasteiger partial charge in [0, 0.05) is 0 Å². The molecule has 1 amide bonds. The molecule has 0 aromatic heterocycles. The van der Waals surface area contributed by atoms with Crippen molar-refractivity contribution in [3.8, 4) is 0 Å². The molecular weight excluding hydrogens is 775 g/mol. The number of aliphatic hydroxyl groups is 7. The Morgan fingerprint density at radius 1 is 0.557 bits per heavy atom. The highest BCUT2D eigenvalue weighted by atomic mass is 16.7. The fourth-order valence-corrected chi connectivity index (χ4v) is 8.33. The number of hydrogen-bond donors (Lipinski definition) is 8. The van der Waals surface area contributed by atoms with Gasteiger partial charge < -0.3 is 50.5 Å². The Hall–Kier alpha value is -1.15. The van der Waals surface area contributed by atoms with Gasteiger partial charge in [0.25, 0.3) is 0 Å². The van der Waals surface area contributed by atoms with Crippen LogP contribution in [0.4, 0.5) is 0 Å². The smallest absolute Gasteiger partial charge is 0.249 e. The fourth-order valence-electron chi connectivity index (χ4n) is 8.33. The first kappa shape index (κ1) is 57.9. The molecule has 11 heteroatoms. The number of rotatable bonds is 43. The number of carbonyl (C=O) groups excluding carboxylic acids is 1. The molecule has 9 unspecified atom stereocenters. The van der Waals surface area contributed by atoms with E-state index in [1.54, 1.807) is 0 Å². The largest absolute Gasteiger partial charge is 0.394 e. The van der Waals surface area contributed by atoms with Gasteiger partial charge in [0.15, 0.2) is 6.29 Å². The Kier molecular flexibility index (Phi) is 38.3. The Morgan fingerprint density at radius 2 is 0.984 bits per heavy atom. The molecule has 0 aromatic rings. The van der Waals surface area contributed by atoms with E-state index in [0.717, 1.165) is 38.5 Å². The number of nitrogens with one attached hydrogen (secondary N) is 1. The SMILES string of the molecule is CCC/C=C/CCCC(O)C(O)C(COC1OC(CO)C(O)C(O)C1O)NC(=O)C(O)CCCCCCCCCCCCCCCCCCCCCCCCCCCCCC. The molecule has 0 aliphatic carbocycles. The molecule has 61 heavy (non-hydrogen) atoms. The zero-order valence-corrected chi connectivity index (χ0v) is 39.2. The van der Waals surface area contributed by atoms with Gasteiger partial charge in [-0.25, -0.2) is 0 Å². The second-order valence-electron chi connectivity index (χ2n) is 18.2. The maximum atomic E-state index is 13.0. The number of amides is 1. The van der Waals surface area contributed by atoms with Crippen molar-refractivity contribution in [1.29, 1.82) is 0 Å². The van der Waals surface area contributed by atoms with E-state index >= 15 is 0 Å². The molecule has 1 saturated heterocycles. The monoisotopic (exact) mass is 872 g/mol. The van der Waals surface area contributed by atoms with E-state index in [-0.39, 0.29) is 12.8 Å². The topological polar surface area (TPSA) is 189 Å². The quantitative estimate of drug-likeness (QED) is 0.0217. The summed E-state index contributed by atoms with van der Waals surface area (Å²) in [5, 5.41) is 75.2. The molecule has 0 bridgehead atoms. The van der Waals surface area contributed by atoms with Crippen LogP contribution < -0.4 is 5.32 Å². The highest BCUT2D eigenvalue weighted by Gasteiger charge is 2.44. The van der Waals surface area contributed by atoms with Crippen molar-refractivity contribution in [2.45, 2.75) is 287 Å². The summed E-state index contributed by atoms with van der Waals surface area (Å²) in [6, 6.07) is -1.18. The van der Waals surface area contributed by atoms with Gasteiger partial charge in [-0.1, -0.05) is 212 Å². The Morgan fingerprint density at radius 3 is 1.41 bits per heavy atom. The van der Waals surface area contributed by atoms with Crippen LogP contribution in [0.25, 0.3) is 0 Å². The van der Waals surface area contributed by atoms with Crippen molar-refractivity contribution >= 4 is 5.91 Å². The molecule has 0 saturated carbocycles. The summed E-state index contributed by atoms with van der Waals surface area (Å²) in [6.07, 6.45) is 33.5. The van der Waals surface area contributed by atoms with E-state index in [2.05, 4.69) is 25.2 Å². The zero-order valence-electron chi connectivity index (χ0n) is 39.2. The number of aliphatic hydroxyl groups excluding tert-OH is 7. The first-order valence-electron chi connectivity index (χ1n) is 25.6. The maximum Gasteiger partial charge on any atom is 0.249 e. The van der Waals surface area contributed by atoms with Gasteiger partial charge in [-0.05, 0) is 32.1 Å². The molecule has 11 nitrogen and oxygen atoms in total. The van der Waals surface area contributed by atoms with E-state index < -0.39 is 74.2 Å². The Bertz CT molecular complexity index is 1000. The van der Waals surface area contributed by atoms with Crippen molar-refractivity contribution in [2.24, 2.45) is 0 Å². The third-order valence-corrected chi connectivity index (χ3v) is 12.5. The molecule has 1 rings (SSSR count). The molecule has 0 radical (unpaired) electrons. The predicted octanol–water partition coefficient (Wildman–Crippen LogP) is 9.23. The molecular formula is C50H97NO10. The van der Waals surface area contributed by atoms with Gasteiger partial charge in [0.2, 0.25) is 5.91 Å². The van der Waals surface area contributed by atoms with Crippen LogP contribution in [0.2, 0.25) is 0 Å². The lowest BCUT2D eigenvalue weighted by Gasteiger charge is -2.40. The van der Waals surface area contributed by atoms with Crippen molar-refractivity contribution in [3.63, 3.8) is 0 Å². The van der Waals surface area contributed by atoms with Gasteiger partial charge in [0.1, 0.15) is 36.6 Å². The maximum absolute atomic E-state index is 13.0. The van der Waals surface area contributed by atoms with Gasteiger partial charge in [-0.15, -0.1) is 0 Å². The Labute approximate surface area is 372 Å². The number of unbranched alkanes of at least 4 members (excludes halogenated alkanes) is 29. The van der Waals surface area contributed by atoms with Crippen LogP contribution in [0.15, 0.2) is 12.2 Å². The van der Waals surface area contributed by atoms with Crippen LogP contribution in [-0.2, 0) is 14.3 Å². The summed E-state index contributed by atoms with van der Waals surface area (Å²) in [5.74, 6) is -0.707. The predicted molar refractivity (Wildman–Crippen MR) is 247 cm³/mol. The number of hydrogen-bond acceptors (Lipinski definition) is 10. The molecule has 362 valence electrons. The van der Waals surface area contributed by atoms with E-state index in [1.165, 1.54) is 154 Å². The normalized spacial score (nSPS) is 21.5. The highest BCUT2D eigenvalue weighted by molar-refractivity contribution is 5.80. The summed E-state index contributed by atoms with van der Waals surface area (Å²) >= 11 is 0. The van der Waals surface area contributed by atoms with Gasteiger partial charge in [-0.2, -0.15) is 0 Å². The fraction of sp³-hybridized carbons (Fsp3) is 0.940. The summed E-state index contributed by atoms with van der Waals surface area (Å²) in [6.45, 7) is 3.31. The Balaban J connectivity index is 2.16. The molecule has 8 N–H and O–H groups in total. The number of ether oxygens (including phenoxy) is 2. The van der Waals surface area contributed by atoms with E-state index in [9.17, 15) is 40.5 Å². The zero-order chi connectivity index (χ0) is 44.8. The van der Waals surface area contributed by atoms with Gasteiger partial charge >= 0.3 is 0 Å². The standard InChI is InChI=1S/C50H97NO10/c1-3-5-7-9-11-12-13-14-15-16-17-18-19-20-21-22-23-24-25-26-27-28-29-30-31-32-34-36-38-43(54)49(59)51-41(45(55)42(53)37-35-33-10-8-6-4-2)40-60-50-48(58)47(57)46(56)44(39-52)61-50/h8,10,41-48,50,52-58H,3-7,9,11-40H2,1-2H3,(H,51,59)/b10-8+. The summed E-state index contributed by atoms with van der Waals surface area (Å²) in [7, 11) is 0. The summed E-state index contributed by atoms with van der Waals surface area (Å²) < 4.78 is 11.0. The lowest BCUT2D eigenvalue weighted by Crippen LogP contribution is -2.60. The minimum atomic E-state index is -1.66. The molecule has 9 atom stereocenters. The van der Waals surface area contributed by atoms with Crippen molar-refractivity contribution < 1.29 is 50.0 Å². The lowest BCUT2D eigenvalue weighted by atomic mass is 9.98. The first-order valence-corrected chi connectivity index (χ1v) is 25.6. The van der Waals surface area contributed by atoms with Crippen LogP contribution in [0.1, 0.15) is 232 Å². The number of allylic oxidation sites excluding steroid dienone is 2. The van der Waals surface area contributed by atoms with Crippen LogP contribution in [0.5, 0.6) is 0 Å². The van der Waals surface area contributed by atoms with Gasteiger partial charge in [0.05, 0.1) is 25.4 Å². The third-order valence-electron chi connectivity index (χ3n) is 12.5. The average Bonchev–Trinajstić information content (AvgIpc) is 3.26. The van der Waals surface area contributed by atoms with Crippen molar-refractivity contribution in [2.75, 3.05) is 13.2 Å². The van der Waals surface area contributed by atoms with Gasteiger partial charge in [-0.3, -0.25) is 4.79 Å². The third kappa shape index (κ3) is 29.8. The van der Waals surface area contributed by atoms with Crippen LogP contribution >= 0.6 is 0 Å². The first-order chi connectivity index (χ1) is 29.7. The summed E-state index contributed by atoms with van der Waals surface area (Å²) in [4.78, 5) is 13.0. The van der Waals surface area contributed by atoms with E-state index in [0.29, 0.717) is 12.8 Å². The molecule has 1 aliphatic heterocycles. The van der Waals surface area contributed by atoms with E-state index in [1.807, 2.05) is 6.08 Å². The molecule has 1 heterocycles. The molecule has 0 spiro atoms. The van der Waals surface area contributed by atoms with Crippen LogP contribution in [0.3, 0.4) is 0 Å². The second-order valence-corrected chi connectivity index (χ2v) is 18.2. The average molecular weight is 872 g/mol. The summed E-state index contributed by atoms with van der Waals surface area (Å²) in [5.41, 5.74) is 0. The minimum Gasteiger partial charge on any atom is -0.394 e. The minimum absolute atomic E-state index is 0.256.